The minimum absolute atomic E-state index is 0.00614. The average Bonchev–Trinajstić information content (AvgIpc) is 4.13. The summed E-state index contributed by atoms with van der Waals surface area (Å²) in [5, 5.41) is 8.96. The van der Waals surface area contributed by atoms with Gasteiger partial charge in [0.05, 0.1) is 36.2 Å². The number of nitrogens with one attached hydrogen (secondary N) is 2. The third-order valence-electron chi connectivity index (χ3n) is 12.8. The number of halogens is 1. The largest absolute Gasteiger partial charge is 0.366 e. The number of anilines is 2. The second-order valence-electron chi connectivity index (χ2n) is 16.2. The highest BCUT2D eigenvalue weighted by atomic mass is 32.1. The van der Waals surface area contributed by atoms with E-state index in [2.05, 4.69) is 30.4 Å². The first-order valence-corrected chi connectivity index (χ1v) is 21.1. The van der Waals surface area contributed by atoms with Gasteiger partial charge in [-0.15, -0.1) is 11.3 Å². The van der Waals surface area contributed by atoms with Crippen LogP contribution in [0.2, 0.25) is 0 Å². The van der Waals surface area contributed by atoms with E-state index < -0.39 is 47.4 Å². The standard InChI is InChI=1S/C43H37FN10O6S/c44-33-16-25(15-31-32(33)21-52(39(31)57)37(38(56)48-42-45-10-13-61-42)36-34-2-1-11-49(34)22-46-36)24-4-6-26(7-5-24)51-20-27-17-28(51)19-50(27)18-23-3-8-29-30(14-23)41(59)54(40(29)58)53-12-9-35(55)47-43(53)60/h3-8,10,13-16,22,27-28,37H,1-2,9,11-12,17-21H2,(H,45,48,56)(H,47,55,60)/t27-,28-,37?/m1/s1. The van der Waals surface area contributed by atoms with Gasteiger partial charge in [0.25, 0.3) is 23.6 Å². The number of piperazine rings is 1. The first kappa shape index (κ1) is 37.2. The number of urea groups is 1. The van der Waals surface area contributed by atoms with E-state index in [0.29, 0.717) is 22.9 Å². The van der Waals surface area contributed by atoms with Crippen LogP contribution in [0.1, 0.15) is 78.9 Å². The minimum Gasteiger partial charge on any atom is -0.366 e. The normalized spacial score (nSPS) is 21.1. The van der Waals surface area contributed by atoms with Gasteiger partial charge in [-0.25, -0.2) is 24.2 Å². The molecule has 5 aromatic rings. The molecule has 3 saturated heterocycles. The molecule has 11 rings (SSSR count). The third-order valence-corrected chi connectivity index (χ3v) is 13.5. The zero-order chi connectivity index (χ0) is 41.7. The van der Waals surface area contributed by atoms with Crippen LogP contribution in [0, 0.1) is 5.82 Å². The van der Waals surface area contributed by atoms with E-state index in [-0.39, 0.29) is 53.8 Å². The fourth-order valence-corrected chi connectivity index (χ4v) is 10.4. The predicted octanol–water partition coefficient (Wildman–Crippen LogP) is 4.34. The van der Waals surface area contributed by atoms with Gasteiger partial charge in [0.15, 0.2) is 11.2 Å². The van der Waals surface area contributed by atoms with E-state index in [4.69, 9.17) is 0 Å². The molecule has 8 heterocycles. The SMILES string of the molecule is O=C1CCN(N2C(=O)c3ccc(CN4C[C@H]5C[C@@H]4CN5c4ccc(-c5cc(F)c6c(c5)C(=O)N(C(C(=O)Nc5nccs5)c5ncn7c5CCC7)C6)cc4)cc3C2=O)C(=O)N1. The second kappa shape index (κ2) is 14.2. The van der Waals surface area contributed by atoms with Gasteiger partial charge >= 0.3 is 6.03 Å². The summed E-state index contributed by atoms with van der Waals surface area (Å²) in [4.78, 5) is 93.5. The van der Waals surface area contributed by atoms with Crippen LogP contribution in [0.25, 0.3) is 11.1 Å². The Morgan fingerprint density at radius 2 is 1.72 bits per heavy atom. The summed E-state index contributed by atoms with van der Waals surface area (Å²) >= 11 is 1.27. The lowest BCUT2D eigenvalue weighted by Gasteiger charge is -2.35. The van der Waals surface area contributed by atoms with Gasteiger partial charge < -0.3 is 14.4 Å². The molecule has 0 radical (unpaired) electrons. The molecule has 2 bridgehead atoms. The van der Waals surface area contributed by atoms with Crippen molar-refractivity contribution >= 4 is 57.7 Å². The summed E-state index contributed by atoms with van der Waals surface area (Å²) < 4.78 is 18.0. The number of aryl methyl sites for hydroxylation is 1. The number of carbonyl (C=O) groups excluding carboxylic acids is 6. The lowest BCUT2D eigenvalue weighted by molar-refractivity contribution is -0.123. The number of likely N-dealkylation sites (tertiary alicyclic amines) is 1. The van der Waals surface area contributed by atoms with E-state index >= 15 is 4.39 Å². The number of hydrogen-bond donors (Lipinski definition) is 2. The van der Waals surface area contributed by atoms with Crippen LogP contribution < -0.4 is 15.5 Å². The fraction of sp³-hybridized carbons (Fsp3) is 0.302. The van der Waals surface area contributed by atoms with Crippen molar-refractivity contribution in [2.45, 2.75) is 63.4 Å². The zero-order valence-electron chi connectivity index (χ0n) is 32.5. The van der Waals surface area contributed by atoms with Gasteiger partial charge in [-0.3, -0.25) is 39.5 Å². The second-order valence-corrected chi connectivity index (χ2v) is 17.1. The molecule has 6 aliphatic rings. The van der Waals surface area contributed by atoms with E-state index in [1.807, 2.05) is 34.9 Å². The van der Waals surface area contributed by atoms with Crippen LogP contribution in [-0.4, -0.2) is 102 Å². The molecule has 16 nitrogen and oxygen atoms in total. The number of hydrazine groups is 1. The maximum atomic E-state index is 16.0. The van der Waals surface area contributed by atoms with Crippen LogP contribution in [0.4, 0.5) is 20.0 Å². The summed E-state index contributed by atoms with van der Waals surface area (Å²) in [6, 6.07) is 14.9. The van der Waals surface area contributed by atoms with E-state index in [1.165, 1.54) is 22.3 Å². The number of fused-ring (bicyclic) bond motifs is 5. The Hall–Kier alpha value is -6.79. The number of benzene rings is 3. The Morgan fingerprint density at radius 3 is 2.49 bits per heavy atom. The van der Waals surface area contributed by atoms with Crippen molar-refractivity contribution in [1.82, 2.24) is 39.7 Å². The molecule has 6 aliphatic heterocycles. The molecule has 61 heavy (non-hydrogen) atoms. The Morgan fingerprint density at radius 1 is 0.885 bits per heavy atom. The van der Waals surface area contributed by atoms with Gasteiger partial charge in [0.1, 0.15) is 5.82 Å². The molecular formula is C43H37FN10O6S. The van der Waals surface area contributed by atoms with Crippen LogP contribution in [0.15, 0.2) is 72.5 Å². The van der Waals surface area contributed by atoms with Gasteiger partial charge in [0.2, 0.25) is 5.91 Å². The van der Waals surface area contributed by atoms with Crippen molar-refractivity contribution in [3.05, 3.63) is 118 Å². The summed E-state index contributed by atoms with van der Waals surface area (Å²) in [5.74, 6) is -3.03. The highest BCUT2D eigenvalue weighted by Gasteiger charge is 2.46. The molecule has 0 aliphatic carbocycles. The average molecular weight is 841 g/mol. The smallest absolute Gasteiger partial charge is 0.343 e. The van der Waals surface area contributed by atoms with Crippen LogP contribution in [0.3, 0.4) is 0 Å². The Bertz CT molecular complexity index is 2720. The molecule has 2 aromatic heterocycles. The number of hydrogen-bond acceptors (Lipinski definition) is 11. The molecule has 3 atom stereocenters. The number of amides is 7. The van der Waals surface area contributed by atoms with E-state index in [0.717, 1.165) is 71.4 Å². The topological polar surface area (TPSA) is 173 Å². The summed E-state index contributed by atoms with van der Waals surface area (Å²) in [5.41, 5.74) is 5.56. The first-order valence-electron chi connectivity index (χ1n) is 20.2. The fourth-order valence-electron chi connectivity index (χ4n) is 9.84. The van der Waals surface area contributed by atoms with Crippen molar-refractivity contribution in [3.8, 4) is 11.1 Å². The molecule has 308 valence electrons. The Kier molecular flexibility index (Phi) is 8.64. The number of nitrogens with zero attached hydrogens (tertiary/aromatic N) is 8. The predicted molar refractivity (Wildman–Crippen MR) is 217 cm³/mol. The molecule has 1 unspecified atom stereocenters. The van der Waals surface area contributed by atoms with Gasteiger partial charge in [0, 0.05) is 78.8 Å². The number of imide groups is 2. The highest BCUT2D eigenvalue weighted by molar-refractivity contribution is 7.13. The van der Waals surface area contributed by atoms with Gasteiger partial charge in [-0.2, -0.15) is 5.01 Å². The molecule has 2 N–H and O–H groups in total. The summed E-state index contributed by atoms with van der Waals surface area (Å²) in [7, 11) is 0. The Balaban J connectivity index is 0.768. The monoisotopic (exact) mass is 840 g/mol. The summed E-state index contributed by atoms with van der Waals surface area (Å²) in [6.45, 7) is 2.83. The highest BCUT2D eigenvalue weighted by Crippen LogP contribution is 2.40. The Labute approximate surface area is 351 Å². The number of imidazole rings is 1. The van der Waals surface area contributed by atoms with Crippen molar-refractivity contribution in [2.24, 2.45) is 0 Å². The summed E-state index contributed by atoms with van der Waals surface area (Å²) in [6.07, 6.45) is 5.88. The maximum absolute atomic E-state index is 16.0. The molecule has 3 aromatic carbocycles. The van der Waals surface area contributed by atoms with E-state index in [9.17, 15) is 28.8 Å². The molecule has 0 saturated carbocycles. The molecule has 0 spiro atoms. The number of rotatable bonds is 9. The quantitative estimate of drug-likeness (QED) is 0.204. The van der Waals surface area contributed by atoms with Crippen molar-refractivity contribution in [3.63, 3.8) is 0 Å². The first-order chi connectivity index (χ1) is 29.6. The zero-order valence-corrected chi connectivity index (χ0v) is 33.4. The van der Waals surface area contributed by atoms with Crippen molar-refractivity contribution in [1.29, 1.82) is 0 Å². The van der Waals surface area contributed by atoms with Gasteiger partial charge in [-0.05, 0) is 72.4 Å². The van der Waals surface area contributed by atoms with Crippen molar-refractivity contribution < 1.29 is 33.2 Å². The number of thiazole rings is 1. The van der Waals surface area contributed by atoms with Crippen molar-refractivity contribution in [2.75, 3.05) is 29.9 Å². The van der Waals surface area contributed by atoms with Crippen LogP contribution >= 0.6 is 11.3 Å². The van der Waals surface area contributed by atoms with Crippen LogP contribution in [-0.2, 0) is 35.6 Å². The molecular weight excluding hydrogens is 804 g/mol. The maximum Gasteiger partial charge on any atom is 0.343 e. The lowest BCUT2D eigenvalue weighted by atomic mass is 9.99. The van der Waals surface area contributed by atoms with E-state index in [1.54, 1.807) is 36.1 Å². The van der Waals surface area contributed by atoms with Gasteiger partial charge in [-0.1, -0.05) is 18.2 Å². The number of carbonyl (C=O) groups is 6. The number of aromatic nitrogens is 3. The molecule has 7 amide bonds. The van der Waals surface area contributed by atoms with Crippen LogP contribution in [0.5, 0.6) is 0 Å². The molecule has 3 fully saturated rings. The lowest BCUT2D eigenvalue weighted by Crippen LogP contribution is -2.58. The minimum atomic E-state index is -1.06. The third kappa shape index (κ3) is 6.10. The molecule has 18 heteroatoms.